The molecule has 1 saturated heterocycles. The average Bonchev–Trinajstić information content (AvgIpc) is 2.71. The van der Waals surface area contributed by atoms with Crippen LogP contribution in [0.3, 0.4) is 0 Å². The molecule has 1 amide bonds. The number of sulfonamides is 1. The molecule has 1 N–H and O–H groups in total. The predicted octanol–water partition coefficient (Wildman–Crippen LogP) is 1.84. The summed E-state index contributed by atoms with van der Waals surface area (Å²) in [5.41, 5.74) is 0.889. The minimum absolute atomic E-state index is 0.0295. The Kier molecular flexibility index (Phi) is 9.37. The summed E-state index contributed by atoms with van der Waals surface area (Å²) in [6.45, 7) is 9.53. The van der Waals surface area contributed by atoms with E-state index in [0.717, 1.165) is 51.3 Å². The van der Waals surface area contributed by atoms with Crippen LogP contribution in [0.4, 0.5) is 0 Å². The quantitative estimate of drug-likeness (QED) is 0.562. The highest BCUT2D eigenvalue weighted by molar-refractivity contribution is 7.89. The van der Waals surface area contributed by atoms with Crippen LogP contribution in [0, 0.1) is 0 Å². The number of rotatable bonds is 11. The number of carbonyl (C=O) groups is 1. The number of hydrogen-bond donors (Lipinski definition) is 1. The van der Waals surface area contributed by atoms with Crippen LogP contribution in [-0.4, -0.2) is 69.5 Å². The standard InChI is InChI=1S/C20H33N3O4S/c1-3-23(4-2)28(25,26)19-10-8-18(9-11-19)17-21-20(24)7-5-6-12-22-13-15-27-16-14-22/h8-11H,3-7,12-17H2,1-2H3,(H,21,24). The van der Waals surface area contributed by atoms with Gasteiger partial charge in [0.15, 0.2) is 0 Å². The zero-order valence-electron chi connectivity index (χ0n) is 17.0. The van der Waals surface area contributed by atoms with Crippen LogP contribution >= 0.6 is 0 Å². The van der Waals surface area contributed by atoms with Crippen molar-refractivity contribution in [3.63, 3.8) is 0 Å². The van der Waals surface area contributed by atoms with Crippen molar-refractivity contribution in [2.75, 3.05) is 45.9 Å². The highest BCUT2D eigenvalue weighted by Crippen LogP contribution is 2.16. The number of benzene rings is 1. The first-order valence-electron chi connectivity index (χ1n) is 10.1. The fourth-order valence-electron chi connectivity index (χ4n) is 3.23. The Morgan fingerprint density at radius 3 is 2.36 bits per heavy atom. The smallest absolute Gasteiger partial charge is 0.243 e. The Balaban J connectivity index is 1.71. The number of hydrogen-bond acceptors (Lipinski definition) is 5. The van der Waals surface area contributed by atoms with Gasteiger partial charge in [-0.3, -0.25) is 9.69 Å². The zero-order chi connectivity index (χ0) is 20.4. The topological polar surface area (TPSA) is 79.0 Å². The van der Waals surface area contributed by atoms with E-state index < -0.39 is 10.0 Å². The number of nitrogens with one attached hydrogen (secondary N) is 1. The van der Waals surface area contributed by atoms with Crippen LogP contribution in [0.1, 0.15) is 38.7 Å². The van der Waals surface area contributed by atoms with Crippen molar-refractivity contribution in [1.82, 2.24) is 14.5 Å². The van der Waals surface area contributed by atoms with Gasteiger partial charge in [-0.15, -0.1) is 0 Å². The van der Waals surface area contributed by atoms with Crippen molar-refractivity contribution in [2.24, 2.45) is 0 Å². The lowest BCUT2D eigenvalue weighted by molar-refractivity contribution is -0.121. The molecule has 8 heteroatoms. The van der Waals surface area contributed by atoms with E-state index in [2.05, 4.69) is 10.2 Å². The van der Waals surface area contributed by atoms with E-state index in [9.17, 15) is 13.2 Å². The lowest BCUT2D eigenvalue weighted by Gasteiger charge is -2.26. The van der Waals surface area contributed by atoms with Crippen LogP contribution < -0.4 is 5.32 Å². The molecule has 7 nitrogen and oxygen atoms in total. The van der Waals surface area contributed by atoms with Gasteiger partial charge in [0, 0.05) is 39.1 Å². The second-order valence-electron chi connectivity index (χ2n) is 6.92. The molecule has 1 aliphatic heterocycles. The first kappa shape index (κ1) is 22.8. The monoisotopic (exact) mass is 411 g/mol. The van der Waals surface area contributed by atoms with E-state index >= 15 is 0 Å². The molecule has 0 unspecified atom stereocenters. The van der Waals surface area contributed by atoms with Gasteiger partial charge in [0.25, 0.3) is 0 Å². The minimum Gasteiger partial charge on any atom is -0.379 e. The van der Waals surface area contributed by atoms with Gasteiger partial charge >= 0.3 is 0 Å². The minimum atomic E-state index is -3.44. The summed E-state index contributed by atoms with van der Waals surface area (Å²) in [5, 5.41) is 2.91. The summed E-state index contributed by atoms with van der Waals surface area (Å²) in [6.07, 6.45) is 2.38. The maximum absolute atomic E-state index is 12.5. The van der Waals surface area contributed by atoms with Crippen molar-refractivity contribution >= 4 is 15.9 Å². The van der Waals surface area contributed by atoms with E-state index in [0.29, 0.717) is 26.1 Å². The molecule has 1 fully saturated rings. The third-order valence-corrected chi connectivity index (χ3v) is 7.05. The van der Waals surface area contributed by atoms with Crippen molar-refractivity contribution in [2.45, 2.75) is 44.6 Å². The first-order valence-corrected chi connectivity index (χ1v) is 11.6. The highest BCUT2D eigenvalue weighted by atomic mass is 32.2. The van der Waals surface area contributed by atoms with Gasteiger partial charge in [0.05, 0.1) is 18.1 Å². The summed E-state index contributed by atoms with van der Waals surface area (Å²) >= 11 is 0. The first-order chi connectivity index (χ1) is 13.5. The molecule has 1 aliphatic rings. The number of amides is 1. The normalized spacial score (nSPS) is 15.7. The highest BCUT2D eigenvalue weighted by Gasteiger charge is 2.21. The molecule has 0 spiro atoms. The van der Waals surface area contributed by atoms with Crippen LogP contribution in [0.5, 0.6) is 0 Å². The van der Waals surface area contributed by atoms with Crippen LogP contribution in [0.15, 0.2) is 29.2 Å². The summed E-state index contributed by atoms with van der Waals surface area (Å²) in [7, 11) is -3.44. The molecule has 28 heavy (non-hydrogen) atoms. The van der Waals surface area contributed by atoms with E-state index in [1.165, 1.54) is 4.31 Å². The lowest BCUT2D eigenvalue weighted by atomic mass is 10.2. The van der Waals surface area contributed by atoms with Gasteiger partial charge in [0.2, 0.25) is 15.9 Å². The van der Waals surface area contributed by atoms with Crippen molar-refractivity contribution < 1.29 is 17.9 Å². The Morgan fingerprint density at radius 1 is 1.11 bits per heavy atom. The second kappa shape index (κ2) is 11.5. The summed E-state index contributed by atoms with van der Waals surface area (Å²) in [6, 6.07) is 6.74. The van der Waals surface area contributed by atoms with Crippen molar-refractivity contribution in [3.05, 3.63) is 29.8 Å². The SMILES string of the molecule is CCN(CC)S(=O)(=O)c1ccc(CNC(=O)CCCCN2CCOCC2)cc1. The molecule has 0 bridgehead atoms. The molecule has 1 heterocycles. The van der Waals surface area contributed by atoms with Gasteiger partial charge in [-0.1, -0.05) is 26.0 Å². The van der Waals surface area contributed by atoms with Crippen LogP contribution in [0.25, 0.3) is 0 Å². The molecule has 2 rings (SSSR count). The maximum Gasteiger partial charge on any atom is 0.243 e. The number of carbonyl (C=O) groups excluding carboxylic acids is 1. The molecule has 0 saturated carbocycles. The summed E-state index contributed by atoms with van der Waals surface area (Å²) < 4.78 is 31.7. The fraction of sp³-hybridized carbons (Fsp3) is 0.650. The lowest BCUT2D eigenvalue weighted by Crippen LogP contribution is -2.36. The third-order valence-electron chi connectivity index (χ3n) is 4.99. The number of nitrogens with zero attached hydrogens (tertiary/aromatic N) is 2. The molecule has 0 aromatic heterocycles. The van der Waals surface area contributed by atoms with Gasteiger partial charge in [-0.25, -0.2) is 8.42 Å². The Morgan fingerprint density at radius 2 is 1.75 bits per heavy atom. The van der Waals surface area contributed by atoms with E-state index in [1.54, 1.807) is 24.3 Å². The second-order valence-corrected chi connectivity index (χ2v) is 8.86. The fourth-order valence-corrected chi connectivity index (χ4v) is 4.68. The molecular formula is C20H33N3O4S. The van der Waals surface area contributed by atoms with E-state index in [1.807, 2.05) is 13.8 Å². The summed E-state index contributed by atoms with van der Waals surface area (Å²) in [4.78, 5) is 14.7. The van der Waals surface area contributed by atoms with Crippen molar-refractivity contribution in [3.8, 4) is 0 Å². The molecule has 0 radical (unpaired) electrons. The van der Waals surface area contributed by atoms with Crippen LogP contribution in [-0.2, 0) is 26.1 Å². The number of ether oxygens (including phenoxy) is 1. The molecular weight excluding hydrogens is 378 g/mol. The molecule has 0 aliphatic carbocycles. The molecule has 0 atom stereocenters. The summed E-state index contributed by atoms with van der Waals surface area (Å²) in [5.74, 6) is 0.0295. The Hall–Kier alpha value is -1.48. The number of morpholine rings is 1. The molecule has 158 valence electrons. The van der Waals surface area contributed by atoms with Crippen molar-refractivity contribution in [1.29, 1.82) is 0 Å². The maximum atomic E-state index is 12.5. The van der Waals surface area contributed by atoms with E-state index in [4.69, 9.17) is 4.74 Å². The van der Waals surface area contributed by atoms with E-state index in [-0.39, 0.29) is 10.8 Å². The van der Waals surface area contributed by atoms with Gasteiger partial charge in [-0.2, -0.15) is 4.31 Å². The largest absolute Gasteiger partial charge is 0.379 e. The van der Waals surface area contributed by atoms with Gasteiger partial charge in [-0.05, 0) is 37.1 Å². The molecule has 1 aromatic carbocycles. The Bertz CT molecular complexity index is 697. The Labute approximate surface area is 169 Å². The van der Waals surface area contributed by atoms with Gasteiger partial charge in [0.1, 0.15) is 0 Å². The van der Waals surface area contributed by atoms with Gasteiger partial charge < -0.3 is 10.1 Å². The zero-order valence-corrected chi connectivity index (χ0v) is 17.8. The predicted molar refractivity (Wildman–Crippen MR) is 110 cm³/mol. The average molecular weight is 412 g/mol. The number of unbranched alkanes of at least 4 members (excludes halogenated alkanes) is 1. The molecule has 1 aromatic rings. The van der Waals surface area contributed by atoms with Crippen LogP contribution in [0.2, 0.25) is 0 Å². The third kappa shape index (κ3) is 6.84.